The van der Waals surface area contributed by atoms with Crippen LogP contribution in [0.1, 0.15) is 300 Å². The molecule has 0 heterocycles. The predicted molar refractivity (Wildman–Crippen MR) is 333 cm³/mol. The van der Waals surface area contributed by atoms with Crippen molar-refractivity contribution in [2.75, 3.05) is 85.3 Å². The van der Waals surface area contributed by atoms with Gasteiger partial charge in [-0.3, -0.25) is 19.2 Å². The SMILES string of the molecule is CCCCCCCCCCCCCCCCCC(=O)N(CCCN(CC)CC)C(C(=O)CCCOCCOCCNC(=O)C(C(C)C)N(CCCN(CC)CC)C(=O)CCCCCCCCCCCCCCCCC)C(C)C. The summed E-state index contributed by atoms with van der Waals surface area (Å²) in [7, 11) is 0. The molecule has 2 unspecified atom stereocenters. The van der Waals surface area contributed by atoms with E-state index in [1.54, 1.807) is 0 Å². The van der Waals surface area contributed by atoms with E-state index in [0.29, 0.717) is 71.7 Å². The van der Waals surface area contributed by atoms with Crippen LogP contribution < -0.4 is 5.32 Å². The fourth-order valence-electron chi connectivity index (χ4n) is 11.3. The van der Waals surface area contributed by atoms with Gasteiger partial charge in [0.05, 0.1) is 25.9 Å². The number of rotatable bonds is 60. The van der Waals surface area contributed by atoms with Gasteiger partial charge in [-0.15, -0.1) is 0 Å². The van der Waals surface area contributed by atoms with Crippen LogP contribution in [-0.2, 0) is 28.7 Å². The molecular weight excluding hydrogens is 971 g/mol. The van der Waals surface area contributed by atoms with Crippen molar-refractivity contribution >= 4 is 23.5 Å². The molecule has 0 aromatic rings. The van der Waals surface area contributed by atoms with Crippen LogP contribution in [0.15, 0.2) is 0 Å². The van der Waals surface area contributed by atoms with Gasteiger partial charge < -0.3 is 34.4 Å². The van der Waals surface area contributed by atoms with E-state index in [1.807, 2.05) is 23.6 Å². The molecule has 0 aromatic carbocycles. The van der Waals surface area contributed by atoms with Crippen LogP contribution in [0.25, 0.3) is 0 Å². The van der Waals surface area contributed by atoms with E-state index < -0.39 is 12.1 Å². The van der Waals surface area contributed by atoms with Crippen molar-refractivity contribution < 1.29 is 28.7 Å². The summed E-state index contributed by atoms with van der Waals surface area (Å²) in [6.45, 7) is 30.3. The molecule has 2 atom stereocenters. The van der Waals surface area contributed by atoms with E-state index >= 15 is 0 Å². The zero-order chi connectivity index (χ0) is 57.7. The number of carbonyl (C=O) groups is 4. The molecule has 0 rings (SSSR count). The highest BCUT2D eigenvalue weighted by atomic mass is 16.5. The summed E-state index contributed by atoms with van der Waals surface area (Å²) in [6.07, 6.45) is 42.5. The molecule has 0 saturated heterocycles. The Morgan fingerprint density at radius 2 is 0.667 bits per heavy atom. The molecule has 11 heteroatoms. The average molecular weight is 1100 g/mol. The lowest BCUT2D eigenvalue weighted by atomic mass is 9.94. The molecule has 11 nitrogen and oxygen atoms in total. The molecule has 0 spiro atoms. The fourth-order valence-corrected chi connectivity index (χ4v) is 11.3. The topological polar surface area (TPSA) is 112 Å². The molecule has 1 N–H and O–H groups in total. The fraction of sp³-hybridized carbons (Fsp3) is 0.940. The molecule has 0 saturated carbocycles. The number of Topliss-reactive ketones (excluding diaryl/α,β-unsaturated/α-hetero) is 1. The highest BCUT2D eigenvalue weighted by Crippen LogP contribution is 2.21. The maximum Gasteiger partial charge on any atom is 0.243 e. The molecule has 0 aliphatic rings. The number of carbonyl (C=O) groups excluding carboxylic acids is 4. The monoisotopic (exact) mass is 1100 g/mol. The van der Waals surface area contributed by atoms with Crippen LogP contribution in [0.4, 0.5) is 0 Å². The lowest BCUT2D eigenvalue weighted by Crippen LogP contribution is -2.53. The van der Waals surface area contributed by atoms with E-state index in [9.17, 15) is 19.2 Å². The number of nitrogens with zero attached hydrogens (tertiary/aromatic N) is 4. The molecule has 3 amide bonds. The van der Waals surface area contributed by atoms with Crippen LogP contribution in [0.2, 0.25) is 0 Å². The van der Waals surface area contributed by atoms with Gasteiger partial charge >= 0.3 is 0 Å². The summed E-state index contributed by atoms with van der Waals surface area (Å²) in [6, 6.07) is -0.945. The van der Waals surface area contributed by atoms with Crippen molar-refractivity contribution in [3.05, 3.63) is 0 Å². The average Bonchev–Trinajstić information content (AvgIpc) is 3.43. The van der Waals surface area contributed by atoms with E-state index in [0.717, 1.165) is 77.8 Å². The molecule has 0 bridgehead atoms. The van der Waals surface area contributed by atoms with Crippen LogP contribution >= 0.6 is 0 Å². The quantitative estimate of drug-likeness (QED) is 0.0600. The zero-order valence-electron chi connectivity index (χ0n) is 53.7. The maximum atomic E-state index is 13.9. The van der Waals surface area contributed by atoms with E-state index in [4.69, 9.17) is 9.47 Å². The van der Waals surface area contributed by atoms with Gasteiger partial charge in [-0.1, -0.05) is 249 Å². The highest BCUT2D eigenvalue weighted by molar-refractivity contribution is 5.89. The van der Waals surface area contributed by atoms with Crippen LogP contribution in [0.5, 0.6) is 0 Å². The molecule has 0 aliphatic carbocycles. The smallest absolute Gasteiger partial charge is 0.243 e. The largest absolute Gasteiger partial charge is 0.379 e. The van der Waals surface area contributed by atoms with Crippen molar-refractivity contribution in [2.45, 2.75) is 312 Å². The maximum absolute atomic E-state index is 13.9. The zero-order valence-corrected chi connectivity index (χ0v) is 53.7. The summed E-state index contributed by atoms with van der Waals surface area (Å²) in [5.41, 5.74) is 0. The summed E-state index contributed by atoms with van der Waals surface area (Å²) < 4.78 is 11.8. The van der Waals surface area contributed by atoms with Crippen LogP contribution in [0, 0.1) is 11.8 Å². The Bertz CT molecular complexity index is 1260. The van der Waals surface area contributed by atoms with Crippen molar-refractivity contribution in [3.8, 4) is 0 Å². The normalized spacial score (nSPS) is 12.6. The number of ketones is 1. The summed E-state index contributed by atoms with van der Waals surface area (Å²) >= 11 is 0. The Balaban J connectivity index is 4.90. The standard InChI is InChI=1S/C67H133N5O6/c1-11-17-19-21-23-25-27-29-31-33-35-37-39-41-43-49-63(74)71(54-46-52-69(13-3)14-4)65(60(7)8)62(73)48-45-56-77-58-59-78-57-51-68-67(76)66(61(9)10)72(55-47-53-70(15-5)16-6)64(75)50-44-42-40-38-36-34-32-30-28-26-24-22-20-18-12-2/h60-61,65-66H,11-59H2,1-10H3,(H,68,76). The second kappa shape index (κ2) is 55.5. The van der Waals surface area contributed by atoms with Crippen molar-refractivity contribution in [1.29, 1.82) is 0 Å². The highest BCUT2D eigenvalue weighted by Gasteiger charge is 2.33. The first-order valence-electron chi connectivity index (χ1n) is 33.9. The van der Waals surface area contributed by atoms with Crippen molar-refractivity contribution in [2.24, 2.45) is 11.8 Å². The second-order valence-corrected chi connectivity index (χ2v) is 23.8. The van der Waals surface area contributed by atoms with Crippen molar-refractivity contribution in [1.82, 2.24) is 24.9 Å². The molecule has 0 fully saturated rings. The molecular formula is C67H133N5O6. The molecule has 78 heavy (non-hydrogen) atoms. The van der Waals surface area contributed by atoms with Gasteiger partial charge in [0, 0.05) is 45.5 Å². The van der Waals surface area contributed by atoms with Gasteiger partial charge in [0.15, 0.2) is 5.78 Å². The minimum absolute atomic E-state index is 0.0229. The first kappa shape index (κ1) is 75.9. The molecule has 0 aliphatic heterocycles. The van der Waals surface area contributed by atoms with E-state index in [2.05, 4.69) is 70.5 Å². The molecule has 0 aromatic heterocycles. The van der Waals surface area contributed by atoms with Gasteiger partial charge in [-0.2, -0.15) is 0 Å². The minimum atomic E-state index is -0.525. The van der Waals surface area contributed by atoms with E-state index in [1.165, 1.54) is 167 Å². The third-order valence-electron chi connectivity index (χ3n) is 16.3. The predicted octanol–water partition coefficient (Wildman–Crippen LogP) is 16.2. The lowest BCUT2D eigenvalue weighted by molar-refractivity contribution is -0.142. The first-order chi connectivity index (χ1) is 37.9. The third-order valence-corrected chi connectivity index (χ3v) is 16.3. The number of ether oxygens (including phenoxy) is 2. The van der Waals surface area contributed by atoms with Gasteiger partial charge in [-0.25, -0.2) is 0 Å². The number of unbranched alkanes of at least 4 members (excludes halogenated alkanes) is 28. The van der Waals surface area contributed by atoms with E-state index in [-0.39, 0.29) is 35.3 Å². The number of hydrogen-bond donors (Lipinski definition) is 1. The summed E-state index contributed by atoms with van der Waals surface area (Å²) in [5, 5.41) is 3.08. The van der Waals surface area contributed by atoms with Crippen molar-refractivity contribution in [3.63, 3.8) is 0 Å². The molecule has 0 radical (unpaired) electrons. The first-order valence-corrected chi connectivity index (χ1v) is 33.9. The number of amides is 3. The molecule has 462 valence electrons. The summed E-state index contributed by atoms with van der Waals surface area (Å²) in [4.78, 5) is 64.0. The van der Waals surface area contributed by atoms with Crippen LogP contribution in [-0.4, -0.2) is 141 Å². The van der Waals surface area contributed by atoms with Gasteiger partial charge in [0.1, 0.15) is 6.04 Å². The van der Waals surface area contributed by atoms with Gasteiger partial charge in [0.2, 0.25) is 17.7 Å². The number of hydrogen-bond acceptors (Lipinski definition) is 8. The second-order valence-electron chi connectivity index (χ2n) is 23.8. The third kappa shape index (κ3) is 41.8. The number of nitrogens with one attached hydrogen (secondary N) is 1. The Morgan fingerprint density at radius 1 is 0.346 bits per heavy atom. The Hall–Kier alpha value is -2.08. The van der Waals surface area contributed by atoms with Gasteiger partial charge in [0.25, 0.3) is 0 Å². The minimum Gasteiger partial charge on any atom is -0.379 e. The van der Waals surface area contributed by atoms with Gasteiger partial charge in [-0.05, 0) is 83.2 Å². The lowest BCUT2D eigenvalue weighted by Gasteiger charge is -2.34. The summed E-state index contributed by atoms with van der Waals surface area (Å²) in [5.74, 6) is 0.243. The Kier molecular flexibility index (Phi) is 54.0. The Labute approximate surface area is 484 Å². The Morgan fingerprint density at radius 3 is 1.00 bits per heavy atom. The van der Waals surface area contributed by atoms with Crippen LogP contribution in [0.3, 0.4) is 0 Å².